The Hall–Kier alpha value is -3.07. The maximum absolute atomic E-state index is 16.0. The molecule has 37 heavy (non-hydrogen) atoms. The zero-order valence-corrected chi connectivity index (χ0v) is 23.2. The van der Waals surface area contributed by atoms with Crippen molar-refractivity contribution in [3.05, 3.63) is 93.5 Å². The lowest BCUT2D eigenvalue weighted by atomic mass is 9.71. The van der Waals surface area contributed by atoms with Gasteiger partial charge in [0.2, 0.25) is 5.88 Å². The first-order valence-corrected chi connectivity index (χ1v) is 12.7. The molecule has 4 aromatic rings. The molecule has 2 heterocycles. The van der Waals surface area contributed by atoms with Crippen molar-refractivity contribution in [2.75, 3.05) is 34.9 Å². The lowest BCUT2D eigenvalue weighted by molar-refractivity contribution is 0.00249. The molecule has 0 bridgehead atoms. The van der Waals surface area contributed by atoms with E-state index in [9.17, 15) is 5.11 Å². The summed E-state index contributed by atoms with van der Waals surface area (Å²) in [6.45, 7) is 2.43. The van der Waals surface area contributed by atoms with Crippen LogP contribution in [-0.2, 0) is 5.60 Å². The Balaban J connectivity index is 2.08. The average molecular weight is 568 g/mol. The lowest BCUT2D eigenvalue weighted by Gasteiger charge is -2.38. The fourth-order valence-corrected chi connectivity index (χ4v) is 5.06. The summed E-state index contributed by atoms with van der Waals surface area (Å²) in [5, 5.41) is 13.5. The second-order valence-electron chi connectivity index (χ2n) is 9.39. The van der Waals surface area contributed by atoms with Crippen LogP contribution in [0.5, 0.6) is 11.6 Å². The van der Waals surface area contributed by atoms with Gasteiger partial charge in [-0.2, -0.15) is 0 Å². The predicted molar refractivity (Wildman–Crippen MR) is 147 cm³/mol. The minimum atomic E-state index is -1.56. The van der Waals surface area contributed by atoms with Crippen LogP contribution in [0.3, 0.4) is 0 Å². The van der Waals surface area contributed by atoms with Crippen LogP contribution in [0.1, 0.15) is 34.7 Å². The molecule has 0 radical (unpaired) electrons. The summed E-state index contributed by atoms with van der Waals surface area (Å²) in [6.07, 6.45) is 1.96. The Bertz CT molecular complexity index is 1400. The van der Waals surface area contributed by atoms with E-state index >= 15 is 4.39 Å². The van der Waals surface area contributed by atoms with Gasteiger partial charge < -0.3 is 19.5 Å². The number of pyridine rings is 2. The molecule has 1 N–H and O–H groups in total. The fraction of sp³-hybridized carbons (Fsp3) is 0.310. The topological polar surface area (TPSA) is 67.7 Å². The summed E-state index contributed by atoms with van der Waals surface area (Å²) in [6, 6.07) is 16.3. The van der Waals surface area contributed by atoms with Crippen molar-refractivity contribution in [2.45, 2.75) is 24.9 Å². The summed E-state index contributed by atoms with van der Waals surface area (Å²) < 4.78 is 27.9. The molecule has 4 rings (SSSR count). The number of aryl methyl sites for hydroxylation is 1. The molecular formula is C29H31BrFN3O3. The van der Waals surface area contributed by atoms with Crippen molar-refractivity contribution in [1.82, 2.24) is 14.9 Å². The Kier molecular flexibility index (Phi) is 8.11. The minimum absolute atomic E-state index is 0.0925. The highest BCUT2D eigenvalue weighted by Crippen LogP contribution is 2.48. The number of ether oxygens (including phenoxy) is 2. The molecule has 0 amide bonds. The molecule has 194 valence electrons. The van der Waals surface area contributed by atoms with Crippen molar-refractivity contribution in [1.29, 1.82) is 0 Å². The second-order valence-corrected chi connectivity index (χ2v) is 10.3. The smallest absolute Gasteiger partial charge is 0.217 e. The Morgan fingerprint density at radius 2 is 1.84 bits per heavy atom. The van der Waals surface area contributed by atoms with Crippen LogP contribution < -0.4 is 9.47 Å². The Labute approximate surface area is 225 Å². The van der Waals surface area contributed by atoms with Crippen molar-refractivity contribution in [3.63, 3.8) is 0 Å². The molecule has 0 fully saturated rings. The van der Waals surface area contributed by atoms with Gasteiger partial charge in [-0.25, -0.2) is 9.37 Å². The zero-order chi connectivity index (χ0) is 26.7. The van der Waals surface area contributed by atoms with E-state index < -0.39 is 17.3 Å². The van der Waals surface area contributed by atoms with Gasteiger partial charge in [-0.3, -0.25) is 4.98 Å². The van der Waals surface area contributed by atoms with Gasteiger partial charge in [-0.15, -0.1) is 0 Å². The van der Waals surface area contributed by atoms with E-state index in [1.807, 2.05) is 62.3 Å². The van der Waals surface area contributed by atoms with Crippen LogP contribution in [0.15, 0.2) is 65.3 Å². The largest absolute Gasteiger partial charge is 0.494 e. The minimum Gasteiger partial charge on any atom is -0.494 e. The average Bonchev–Trinajstić information content (AvgIpc) is 2.88. The van der Waals surface area contributed by atoms with E-state index in [2.05, 4.69) is 20.9 Å². The molecular weight excluding hydrogens is 537 g/mol. The molecule has 2 aromatic heterocycles. The molecule has 0 aliphatic carbocycles. The zero-order valence-electron chi connectivity index (χ0n) is 21.6. The molecule has 0 aliphatic heterocycles. The van der Waals surface area contributed by atoms with Gasteiger partial charge in [-0.05, 0) is 63.8 Å². The fourth-order valence-electron chi connectivity index (χ4n) is 4.68. The molecule has 0 aliphatic rings. The number of aliphatic hydroxyl groups is 1. The molecule has 2 atom stereocenters. The van der Waals surface area contributed by atoms with Gasteiger partial charge in [0, 0.05) is 45.0 Å². The molecule has 0 unspecified atom stereocenters. The highest BCUT2D eigenvalue weighted by Gasteiger charge is 2.44. The van der Waals surface area contributed by atoms with Crippen molar-refractivity contribution >= 4 is 26.8 Å². The van der Waals surface area contributed by atoms with Gasteiger partial charge in [0.25, 0.3) is 0 Å². The van der Waals surface area contributed by atoms with E-state index in [4.69, 9.17) is 14.5 Å². The SMILES string of the molecule is COc1cccc([C@H](c2cc3cc(Br)ccc3nc2OC)[C@@](O)(CCN(C)C)c2ccc(C)nc2)c1F. The Morgan fingerprint density at radius 3 is 2.49 bits per heavy atom. The number of aromatic nitrogens is 2. The third-order valence-electron chi connectivity index (χ3n) is 6.63. The molecule has 0 spiro atoms. The number of rotatable bonds is 9. The number of fused-ring (bicyclic) bond motifs is 1. The molecule has 8 heteroatoms. The number of nitrogens with zero attached hydrogens (tertiary/aromatic N) is 3. The van der Waals surface area contributed by atoms with Gasteiger partial charge in [0.1, 0.15) is 5.60 Å². The first-order valence-electron chi connectivity index (χ1n) is 11.9. The van der Waals surface area contributed by atoms with Gasteiger partial charge >= 0.3 is 0 Å². The van der Waals surface area contributed by atoms with E-state index in [0.717, 1.165) is 21.1 Å². The van der Waals surface area contributed by atoms with E-state index in [1.165, 1.54) is 14.2 Å². The number of hydrogen-bond acceptors (Lipinski definition) is 6. The molecule has 0 saturated carbocycles. The summed E-state index contributed by atoms with van der Waals surface area (Å²) in [5.41, 5.74) is 1.38. The summed E-state index contributed by atoms with van der Waals surface area (Å²) in [7, 11) is 6.83. The van der Waals surface area contributed by atoms with Gasteiger partial charge in [-0.1, -0.05) is 34.1 Å². The van der Waals surface area contributed by atoms with E-state index in [1.54, 1.807) is 24.4 Å². The van der Waals surface area contributed by atoms with E-state index in [0.29, 0.717) is 30.0 Å². The normalized spacial score (nSPS) is 14.0. The first-order chi connectivity index (χ1) is 17.7. The predicted octanol–water partition coefficient (Wildman–Crippen LogP) is 5.83. The monoisotopic (exact) mass is 567 g/mol. The van der Waals surface area contributed by atoms with Crippen molar-refractivity contribution < 1.29 is 19.0 Å². The van der Waals surface area contributed by atoms with Crippen LogP contribution in [0.2, 0.25) is 0 Å². The maximum Gasteiger partial charge on any atom is 0.217 e. The Morgan fingerprint density at radius 1 is 1.05 bits per heavy atom. The highest BCUT2D eigenvalue weighted by atomic mass is 79.9. The first kappa shape index (κ1) is 27.0. The summed E-state index contributed by atoms with van der Waals surface area (Å²) in [4.78, 5) is 11.2. The van der Waals surface area contributed by atoms with Crippen LogP contribution in [0, 0.1) is 12.7 Å². The van der Waals surface area contributed by atoms with Crippen molar-refractivity contribution in [3.8, 4) is 11.6 Å². The van der Waals surface area contributed by atoms with Crippen LogP contribution >= 0.6 is 15.9 Å². The second kappa shape index (κ2) is 11.1. The molecule has 2 aromatic carbocycles. The maximum atomic E-state index is 16.0. The number of halogens is 2. The summed E-state index contributed by atoms with van der Waals surface area (Å²) in [5.74, 6) is -1.03. The van der Waals surface area contributed by atoms with Gasteiger partial charge in [0.05, 0.1) is 25.7 Å². The quantitative estimate of drug-likeness (QED) is 0.274. The number of hydrogen-bond donors (Lipinski definition) is 1. The van der Waals surface area contributed by atoms with Gasteiger partial charge in [0.15, 0.2) is 11.6 Å². The highest BCUT2D eigenvalue weighted by molar-refractivity contribution is 9.10. The lowest BCUT2D eigenvalue weighted by Crippen LogP contribution is -2.38. The standard InChI is InChI=1S/C29H31BrFN3O3/c1-18-9-10-20(17-32-18)29(35,13-14-34(2)3)26(22-7-6-8-25(36-4)27(22)31)23-16-19-15-21(30)11-12-24(19)33-28(23)37-5/h6-12,15-17,26,35H,13-14H2,1-5H3/t26-,29-/m1/s1. The molecule has 0 saturated heterocycles. The van der Waals surface area contributed by atoms with E-state index in [-0.39, 0.29) is 11.3 Å². The molecule has 6 nitrogen and oxygen atoms in total. The number of methoxy groups -OCH3 is 2. The van der Waals surface area contributed by atoms with Crippen LogP contribution in [0.25, 0.3) is 10.9 Å². The van der Waals surface area contributed by atoms with Crippen molar-refractivity contribution in [2.24, 2.45) is 0 Å². The third-order valence-corrected chi connectivity index (χ3v) is 7.12. The summed E-state index contributed by atoms with van der Waals surface area (Å²) >= 11 is 3.53. The number of benzene rings is 2. The van der Waals surface area contributed by atoms with Crippen LogP contribution in [0.4, 0.5) is 4.39 Å². The van der Waals surface area contributed by atoms with Crippen LogP contribution in [-0.4, -0.2) is 54.8 Å². The third kappa shape index (κ3) is 5.46.